The maximum atomic E-state index is 12.1. The summed E-state index contributed by atoms with van der Waals surface area (Å²) in [7, 11) is 0. The Morgan fingerprint density at radius 1 is 1.27 bits per heavy atom. The summed E-state index contributed by atoms with van der Waals surface area (Å²) in [5, 5.41) is 16.9. The molecule has 2 aromatic carbocycles. The average Bonchev–Trinajstić information content (AvgIpc) is 2.62. The Morgan fingerprint density at radius 2 is 2.00 bits per heavy atom. The van der Waals surface area contributed by atoms with Gasteiger partial charge in [-0.1, -0.05) is 24.3 Å². The summed E-state index contributed by atoms with van der Waals surface area (Å²) in [5.41, 5.74) is 3.20. The van der Waals surface area contributed by atoms with E-state index in [1.54, 1.807) is 18.2 Å². The summed E-state index contributed by atoms with van der Waals surface area (Å²) in [4.78, 5) is 35.4. The fourth-order valence-corrected chi connectivity index (χ4v) is 3.49. The smallest absolute Gasteiger partial charge is 0.278 e. The number of hydrazone groups is 1. The normalized spacial score (nSPS) is 16.0. The van der Waals surface area contributed by atoms with Crippen molar-refractivity contribution in [3.63, 3.8) is 0 Å². The van der Waals surface area contributed by atoms with Crippen LogP contribution >= 0.6 is 11.8 Å². The molecule has 0 aromatic heterocycles. The van der Waals surface area contributed by atoms with Crippen molar-refractivity contribution in [1.82, 2.24) is 5.43 Å². The van der Waals surface area contributed by atoms with Crippen molar-refractivity contribution in [2.45, 2.75) is 16.6 Å². The van der Waals surface area contributed by atoms with Crippen LogP contribution in [0.2, 0.25) is 0 Å². The third kappa shape index (κ3) is 4.06. The molecule has 2 aromatic rings. The number of rotatable bonds is 5. The highest BCUT2D eigenvalue weighted by molar-refractivity contribution is 8.01. The maximum Gasteiger partial charge on any atom is 0.278 e. The molecule has 2 N–H and O–H groups in total. The molecular formula is C17H14N4O4S. The summed E-state index contributed by atoms with van der Waals surface area (Å²) >= 11 is 1.32. The number of hydrogen-bond donors (Lipinski definition) is 2. The number of hydrogen-bond acceptors (Lipinski definition) is 6. The largest absolute Gasteiger partial charge is 0.324 e. The monoisotopic (exact) mass is 370 g/mol. The molecule has 3 rings (SSSR count). The quantitative estimate of drug-likeness (QED) is 0.477. The second-order valence-corrected chi connectivity index (χ2v) is 6.65. The number of benzene rings is 2. The van der Waals surface area contributed by atoms with Gasteiger partial charge in [-0.15, -0.1) is 11.8 Å². The van der Waals surface area contributed by atoms with Gasteiger partial charge in [0.1, 0.15) is 0 Å². The third-order valence-corrected chi connectivity index (χ3v) is 4.88. The summed E-state index contributed by atoms with van der Waals surface area (Å²) in [6.45, 7) is 0. The van der Waals surface area contributed by atoms with Crippen molar-refractivity contribution in [3.05, 3.63) is 64.2 Å². The van der Waals surface area contributed by atoms with Gasteiger partial charge < -0.3 is 5.32 Å². The molecule has 132 valence electrons. The van der Waals surface area contributed by atoms with E-state index in [1.165, 1.54) is 30.1 Å². The standard InChI is InChI=1S/C17H14N4O4S/c22-16(20-18-10-11-5-1-3-7-13(11)21(24)25)9-15-17(23)19-12-6-2-4-8-14(12)26-15/h1-8,10,15H,9H2,(H,19,23)(H,20,22)/b18-10-/t15-/m1/s1. The number of nitrogens with one attached hydrogen (secondary N) is 2. The van der Waals surface area contributed by atoms with Crippen LogP contribution in [-0.2, 0) is 9.59 Å². The number of amides is 2. The number of nitro groups is 1. The number of nitro benzene ring substituents is 1. The van der Waals surface area contributed by atoms with Gasteiger partial charge in [0, 0.05) is 17.4 Å². The molecule has 0 saturated carbocycles. The van der Waals surface area contributed by atoms with Gasteiger partial charge in [0.05, 0.1) is 27.6 Å². The molecule has 0 radical (unpaired) electrons. The Balaban J connectivity index is 1.60. The molecule has 0 fully saturated rings. The lowest BCUT2D eigenvalue weighted by molar-refractivity contribution is -0.385. The van der Waals surface area contributed by atoms with Crippen molar-refractivity contribution in [1.29, 1.82) is 0 Å². The van der Waals surface area contributed by atoms with E-state index in [2.05, 4.69) is 15.8 Å². The predicted molar refractivity (Wildman–Crippen MR) is 98.2 cm³/mol. The first-order valence-electron chi connectivity index (χ1n) is 7.66. The van der Waals surface area contributed by atoms with E-state index in [1.807, 2.05) is 18.2 Å². The summed E-state index contributed by atoms with van der Waals surface area (Å²) in [6, 6.07) is 13.4. The third-order valence-electron chi connectivity index (χ3n) is 3.60. The first-order chi connectivity index (χ1) is 12.5. The van der Waals surface area contributed by atoms with Gasteiger partial charge in [0.25, 0.3) is 5.69 Å². The van der Waals surface area contributed by atoms with Crippen molar-refractivity contribution in [2.75, 3.05) is 5.32 Å². The fraction of sp³-hybridized carbons (Fsp3) is 0.118. The van der Waals surface area contributed by atoms with Crippen LogP contribution in [0, 0.1) is 10.1 Å². The highest BCUT2D eigenvalue weighted by Crippen LogP contribution is 2.36. The molecule has 0 saturated heterocycles. The van der Waals surface area contributed by atoms with Crippen LogP contribution in [0.15, 0.2) is 58.5 Å². The molecule has 26 heavy (non-hydrogen) atoms. The molecule has 8 nitrogen and oxygen atoms in total. The number of fused-ring (bicyclic) bond motifs is 1. The van der Waals surface area contributed by atoms with Crippen LogP contribution in [0.4, 0.5) is 11.4 Å². The molecular weight excluding hydrogens is 356 g/mol. The van der Waals surface area contributed by atoms with Gasteiger partial charge in [-0.05, 0) is 18.2 Å². The van der Waals surface area contributed by atoms with Crippen molar-refractivity contribution >= 4 is 41.2 Å². The van der Waals surface area contributed by atoms with E-state index in [-0.39, 0.29) is 23.6 Å². The van der Waals surface area contributed by atoms with E-state index >= 15 is 0 Å². The van der Waals surface area contributed by atoms with Crippen LogP contribution < -0.4 is 10.7 Å². The number of para-hydroxylation sites is 2. The van der Waals surface area contributed by atoms with E-state index in [4.69, 9.17) is 0 Å². The molecule has 1 aliphatic heterocycles. The molecule has 0 unspecified atom stereocenters. The van der Waals surface area contributed by atoms with Crippen LogP contribution in [0.5, 0.6) is 0 Å². The molecule has 1 aliphatic rings. The topological polar surface area (TPSA) is 114 Å². The van der Waals surface area contributed by atoms with Crippen molar-refractivity contribution in [3.8, 4) is 0 Å². The average molecular weight is 370 g/mol. The Bertz CT molecular complexity index is 900. The summed E-state index contributed by atoms with van der Waals surface area (Å²) in [6.07, 6.45) is 1.15. The van der Waals surface area contributed by atoms with Gasteiger partial charge in [-0.2, -0.15) is 5.10 Å². The number of carbonyl (C=O) groups excluding carboxylic acids is 2. The Hall–Kier alpha value is -3.20. The van der Waals surface area contributed by atoms with Gasteiger partial charge in [0.2, 0.25) is 11.8 Å². The second-order valence-electron chi connectivity index (χ2n) is 5.41. The minimum absolute atomic E-state index is 0.0565. The van der Waals surface area contributed by atoms with Crippen LogP contribution in [0.3, 0.4) is 0 Å². The van der Waals surface area contributed by atoms with E-state index in [0.29, 0.717) is 0 Å². The highest BCUT2D eigenvalue weighted by Gasteiger charge is 2.28. The minimum atomic E-state index is -0.564. The molecule has 0 aliphatic carbocycles. The number of thioether (sulfide) groups is 1. The molecule has 0 spiro atoms. The zero-order valence-electron chi connectivity index (χ0n) is 13.4. The van der Waals surface area contributed by atoms with Crippen LogP contribution in [0.25, 0.3) is 0 Å². The van der Waals surface area contributed by atoms with E-state index < -0.39 is 16.1 Å². The Kier molecular flexibility index (Phi) is 5.28. The summed E-state index contributed by atoms with van der Waals surface area (Å²) < 4.78 is 0. The summed E-state index contributed by atoms with van der Waals surface area (Å²) in [5.74, 6) is -0.696. The molecule has 2 amide bonds. The number of nitrogens with zero attached hydrogens (tertiary/aromatic N) is 2. The first-order valence-corrected chi connectivity index (χ1v) is 8.54. The van der Waals surface area contributed by atoms with E-state index in [9.17, 15) is 19.7 Å². The van der Waals surface area contributed by atoms with Crippen molar-refractivity contribution < 1.29 is 14.5 Å². The second kappa shape index (κ2) is 7.79. The van der Waals surface area contributed by atoms with Gasteiger partial charge in [-0.3, -0.25) is 19.7 Å². The predicted octanol–water partition coefficient (Wildman–Crippen LogP) is 2.55. The first kappa shape index (κ1) is 17.6. The lowest BCUT2D eigenvalue weighted by Crippen LogP contribution is -2.33. The minimum Gasteiger partial charge on any atom is -0.324 e. The van der Waals surface area contributed by atoms with Crippen LogP contribution in [-0.4, -0.2) is 28.2 Å². The van der Waals surface area contributed by atoms with Gasteiger partial charge >= 0.3 is 0 Å². The lowest BCUT2D eigenvalue weighted by atomic mass is 10.2. The molecule has 9 heteroatoms. The Morgan fingerprint density at radius 3 is 2.81 bits per heavy atom. The lowest BCUT2D eigenvalue weighted by Gasteiger charge is -2.23. The zero-order valence-corrected chi connectivity index (χ0v) is 14.2. The van der Waals surface area contributed by atoms with Gasteiger partial charge in [0.15, 0.2) is 0 Å². The molecule has 0 bridgehead atoms. The van der Waals surface area contributed by atoms with Crippen molar-refractivity contribution in [2.24, 2.45) is 5.10 Å². The zero-order chi connectivity index (χ0) is 18.5. The van der Waals surface area contributed by atoms with Crippen LogP contribution in [0.1, 0.15) is 12.0 Å². The molecule has 1 heterocycles. The highest BCUT2D eigenvalue weighted by atomic mass is 32.2. The number of carbonyl (C=O) groups is 2. The van der Waals surface area contributed by atoms with Gasteiger partial charge in [-0.25, -0.2) is 5.43 Å². The fourth-order valence-electron chi connectivity index (χ4n) is 2.38. The number of anilines is 1. The van der Waals surface area contributed by atoms with E-state index in [0.717, 1.165) is 10.6 Å². The Labute approximate surface area is 152 Å². The SMILES string of the molecule is O=C(C[C@H]1Sc2ccccc2NC1=O)N/N=C\c1ccccc1[N+](=O)[O-]. The maximum absolute atomic E-state index is 12.1. The molecule has 1 atom stereocenters.